The van der Waals surface area contributed by atoms with E-state index in [1.54, 1.807) is 11.4 Å². The lowest BCUT2D eigenvalue weighted by atomic mass is 9.99. The number of thiazole rings is 1. The summed E-state index contributed by atoms with van der Waals surface area (Å²) in [5.74, 6) is -1.98. The first kappa shape index (κ1) is 20.0. The fourth-order valence-electron chi connectivity index (χ4n) is 2.90. The number of fused-ring (bicyclic) bond motifs is 1. The summed E-state index contributed by atoms with van der Waals surface area (Å²) < 4.78 is 31.9. The molecule has 2 N–H and O–H groups in total. The number of aliphatic hydroxyl groups is 1. The van der Waals surface area contributed by atoms with Crippen molar-refractivity contribution >= 4 is 33.7 Å². The van der Waals surface area contributed by atoms with Crippen LogP contribution < -0.4 is 10.1 Å². The summed E-state index contributed by atoms with van der Waals surface area (Å²) in [6.45, 7) is 0.300. The molecular weight excluding hydrogens is 414 g/mol. The van der Waals surface area contributed by atoms with E-state index in [0.29, 0.717) is 40.0 Å². The molecule has 3 aromatic rings. The summed E-state index contributed by atoms with van der Waals surface area (Å²) in [5, 5.41) is 14.3. The van der Waals surface area contributed by atoms with Gasteiger partial charge in [-0.25, -0.2) is 13.8 Å². The van der Waals surface area contributed by atoms with E-state index in [-0.39, 0.29) is 31.2 Å². The van der Waals surface area contributed by atoms with Crippen molar-refractivity contribution in [3.63, 3.8) is 0 Å². The molecule has 1 aliphatic rings. The van der Waals surface area contributed by atoms with Crippen LogP contribution in [-0.2, 0) is 0 Å². The Morgan fingerprint density at radius 1 is 1.23 bits per heavy atom. The van der Waals surface area contributed by atoms with Crippen LogP contribution >= 0.6 is 11.3 Å². The monoisotopic (exact) mass is 430 g/mol. The van der Waals surface area contributed by atoms with Crippen LogP contribution in [0.3, 0.4) is 0 Å². The van der Waals surface area contributed by atoms with Crippen molar-refractivity contribution in [2.24, 2.45) is 4.99 Å². The first-order valence-corrected chi connectivity index (χ1v) is 9.90. The zero-order chi connectivity index (χ0) is 21.1. The summed E-state index contributed by atoms with van der Waals surface area (Å²) in [5.41, 5.74) is 2.29. The second-order valence-electron chi connectivity index (χ2n) is 6.39. The number of ether oxygens (including phenoxy) is 1. The van der Waals surface area contributed by atoms with E-state index in [1.165, 1.54) is 23.6 Å². The molecule has 0 atom stereocenters. The summed E-state index contributed by atoms with van der Waals surface area (Å²) in [7, 11) is 0. The van der Waals surface area contributed by atoms with Gasteiger partial charge in [0.05, 0.1) is 18.7 Å². The number of aliphatic hydroxyl groups excluding tert-OH is 1. The van der Waals surface area contributed by atoms with Gasteiger partial charge in [0, 0.05) is 29.8 Å². The van der Waals surface area contributed by atoms with Gasteiger partial charge in [0.2, 0.25) is 0 Å². The first-order chi connectivity index (χ1) is 14.5. The van der Waals surface area contributed by atoms with Gasteiger partial charge in [-0.15, -0.1) is 11.3 Å². The quantitative estimate of drug-likeness (QED) is 0.594. The molecule has 4 rings (SSSR count). The summed E-state index contributed by atoms with van der Waals surface area (Å²) in [6.07, 6.45) is 1.59. The van der Waals surface area contributed by atoms with E-state index < -0.39 is 11.6 Å². The number of benzene rings is 1. The molecule has 0 aliphatic carbocycles. The average molecular weight is 430 g/mol. The standard InChI is InChI=1S/C20H16F2N4O3S/c21-14-2-1-12(8-15(14)22)29-9-11-7-17(28)13-3-4-23-19(18(13)25-11)16-10-30-20(26-16)24-5-6-27/h1-4,8,10,27H,5-7,9H2,(H,24,26). The Kier molecular flexibility index (Phi) is 5.77. The molecule has 30 heavy (non-hydrogen) atoms. The number of carbonyl (C=O) groups is 1. The number of halogens is 2. The van der Waals surface area contributed by atoms with E-state index in [2.05, 4.69) is 20.3 Å². The molecule has 0 saturated heterocycles. The number of pyridine rings is 1. The molecule has 7 nitrogen and oxygen atoms in total. The van der Waals surface area contributed by atoms with E-state index >= 15 is 0 Å². The first-order valence-electron chi connectivity index (χ1n) is 9.02. The Morgan fingerprint density at radius 3 is 2.90 bits per heavy atom. The Labute approximate surface area is 174 Å². The second-order valence-corrected chi connectivity index (χ2v) is 7.24. The molecule has 1 aromatic carbocycles. The number of Topliss-reactive ketones (excluding diaryl/α,β-unsaturated/α-hetero) is 1. The molecule has 0 radical (unpaired) electrons. The van der Waals surface area contributed by atoms with E-state index in [4.69, 9.17) is 9.84 Å². The Balaban J connectivity index is 1.60. The third-order valence-electron chi connectivity index (χ3n) is 4.29. The number of ketones is 1. The minimum atomic E-state index is -1.01. The fraction of sp³-hybridized carbons (Fsp3) is 0.200. The number of nitrogens with one attached hydrogen (secondary N) is 1. The largest absolute Gasteiger partial charge is 0.488 e. The number of carbonyl (C=O) groups excluding carboxylic acids is 1. The summed E-state index contributed by atoms with van der Waals surface area (Å²) in [4.78, 5) is 25.9. The van der Waals surface area contributed by atoms with Crippen molar-refractivity contribution < 1.29 is 23.4 Å². The third-order valence-corrected chi connectivity index (χ3v) is 5.09. The third kappa shape index (κ3) is 4.19. The Hall–Kier alpha value is -3.24. The molecule has 2 aromatic heterocycles. The number of anilines is 1. The van der Waals surface area contributed by atoms with Crippen LogP contribution in [-0.4, -0.2) is 46.3 Å². The van der Waals surface area contributed by atoms with Crippen molar-refractivity contribution in [3.05, 3.63) is 53.0 Å². The van der Waals surface area contributed by atoms with Crippen molar-refractivity contribution in [3.8, 4) is 17.1 Å². The van der Waals surface area contributed by atoms with Crippen LogP contribution in [0.2, 0.25) is 0 Å². The molecule has 0 bridgehead atoms. The second kappa shape index (κ2) is 8.64. The van der Waals surface area contributed by atoms with Gasteiger partial charge >= 0.3 is 0 Å². The molecule has 0 fully saturated rings. The molecule has 1 aliphatic heterocycles. The van der Waals surface area contributed by atoms with Gasteiger partial charge in [-0.3, -0.25) is 14.8 Å². The highest BCUT2D eigenvalue weighted by molar-refractivity contribution is 7.14. The van der Waals surface area contributed by atoms with Crippen molar-refractivity contribution in [2.75, 3.05) is 25.1 Å². The van der Waals surface area contributed by atoms with Crippen LogP contribution in [0.25, 0.3) is 11.4 Å². The van der Waals surface area contributed by atoms with Crippen molar-refractivity contribution in [1.29, 1.82) is 0 Å². The van der Waals surface area contributed by atoms with E-state index in [9.17, 15) is 13.6 Å². The molecule has 0 spiro atoms. The molecule has 3 heterocycles. The number of rotatable bonds is 7. The van der Waals surface area contributed by atoms with Gasteiger partial charge in [-0.2, -0.15) is 0 Å². The van der Waals surface area contributed by atoms with Crippen LogP contribution in [0.4, 0.5) is 19.6 Å². The highest BCUT2D eigenvalue weighted by Gasteiger charge is 2.25. The normalized spacial score (nSPS) is 13.0. The molecule has 10 heteroatoms. The predicted octanol–water partition coefficient (Wildman–Crippen LogP) is 3.63. The number of hydrogen-bond donors (Lipinski definition) is 2. The van der Waals surface area contributed by atoms with Crippen LogP contribution in [0, 0.1) is 11.6 Å². The maximum Gasteiger partial charge on any atom is 0.183 e. The van der Waals surface area contributed by atoms with Crippen LogP contribution in [0.15, 0.2) is 40.8 Å². The topological polar surface area (TPSA) is 96.7 Å². The zero-order valence-electron chi connectivity index (χ0n) is 15.6. The minimum Gasteiger partial charge on any atom is -0.488 e. The molecular formula is C20H16F2N4O3S. The predicted molar refractivity (Wildman–Crippen MR) is 109 cm³/mol. The minimum absolute atomic E-state index is 0.0198. The number of nitrogens with zero attached hydrogens (tertiary/aromatic N) is 3. The molecule has 0 saturated carbocycles. The molecule has 0 amide bonds. The van der Waals surface area contributed by atoms with Gasteiger partial charge in [0.1, 0.15) is 29.4 Å². The lowest BCUT2D eigenvalue weighted by Crippen LogP contribution is -2.20. The number of aliphatic imine (C=N–C) groups is 1. The van der Waals surface area contributed by atoms with Gasteiger partial charge in [-0.1, -0.05) is 0 Å². The average Bonchev–Trinajstić information content (AvgIpc) is 3.21. The molecule has 154 valence electrons. The van der Waals surface area contributed by atoms with Crippen molar-refractivity contribution in [2.45, 2.75) is 6.42 Å². The van der Waals surface area contributed by atoms with Gasteiger partial charge in [-0.05, 0) is 18.2 Å². The maximum atomic E-state index is 13.4. The van der Waals surface area contributed by atoms with Gasteiger partial charge in [0.15, 0.2) is 22.5 Å². The summed E-state index contributed by atoms with van der Waals surface area (Å²) in [6, 6.07) is 4.83. The highest BCUT2D eigenvalue weighted by atomic mass is 32.1. The van der Waals surface area contributed by atoms with Crippen LogP contribution in [0.1, 0.15) is 16.8 Å². The van der Waals surface area contributed by atoms with Gasteiger partial charge in [0.25, 0.3) is 0 Å². The number of aromatic nitrogens is 2. The number of hydrogen-bond acceptors (Lipinski definition) is 8. The Morgan fingerprint density at radius 2 is 2.10 bits per heavy atom. The van der Waals surface area contributed by atoms with E-state index in [1.807, 2.05) is 0 Å². The smallest absolute Gasteiger partial charge is 0.183 e. The highest BCUT2D eigenvalue weighted by Crippen LogP contribution is 2.36. The zero-order valence-corrected chi connectivity index (χ0v) is 16.4. The SMILES string of the molecule is O=C1CC(COc2ccc(F)c(F)c2)=Nc2c1ccnc2-c1csc(NCCO)n1. The maximum absolute atomic E-state index is 13.4. The molecule has 0 unspecified atom stereocenters. The lowest BCUT2D eigenvalue weighted by Gasteiger charge is -2.17. The van der Waals surface area contributed by atoms with Crippen molar-refractivity contribution in [1.82, 2.24) is 9.97 Å². The Bertz CT molecular complexity index is 1130. The van der Waals surface area contributed by atoms with Crippen LogP contribution in [0.5, 0.6) is 5.75 Å². The fourth-order valence-corrected chi connectivity index (χ4v) is 3.62. The lowest BCUT2D eigenvalue weighted by molar-refractivity contribution is 0.0998. The summed E-state index contributed by atoms with van der Waals surface area (Å²) >= 11 is 1.35. The van der Waals surface area contributed by atoms with E-state index in [0.717, 1.165) is 12.1 Å². The van der Waals surface area contributed by atoms with Gasteiger partial charge < -0.3 is 15.2 Å².